The summed E-state index contributed by atoms with van der Waals surface area (Å²) in [5.74, 6) is 1.79. The quantitative estimate of drug-likeness (QED) is 0.266. The summed E-state index contributed by atoms with van der Waals surface area (Å²) >= 11 is 0. The Morgan fingerprint density at radius 3 is 2.77 bits per heavy atom. The molecule has 0 saturated heterocycles. The number of rotatable bonds is 6. The molecule has 1 aliphatic carbocycles. The summed E-state index contributed by atoms with van der Waals surface area (Å²) < 4.78 is 17.2. The first-order chi connectivity index (χ1) is 18.8. The average molecular weight is 526 g/mol. The van der Waals surface area contributed by atoms with Gasteiger partial charge in [0.2, 0.25) is 5.95 Å². The smallest absolute Gasteiger partial charge is 0.225 e. The van der Waals surface area contributed by atoms with E-state index in [1.165, 1.54) is 24.5 Å². The van der Waals surface area contributed by atoms with Gasteiger partial charge in [-0.1, -0.05) is 13.0 Å². The van der Waals surface area contributed by atoms with E-state index in [0.29, 0.717) is 34.6 Å². The van der Waals surface area contributed by atoms with Gasteiger partial charge in [-0.25, -0.2) is 14.1 Å². The number of hydrogen-bond acceptors (Lipinski definition) is 6. The van der Waals surface area contributed by atoms with Gasteiger partial charge in [-0.3, -0.25) is 10.00 Å². The average Bonchev–Trinajstić information content (AvgIpc) is 3.29. The molecule has 39 heavy (non-hydrogen) atoms. The number of halogens is 1. The molecule has 0 unspecified atom stereocenters. The molecule has 2 aromatic carbocycles. The minimum Gasteiger partial charge on any atom is -0.340 e. The second kappa shape index (κ2) is 8.74. The monoisotopic (exact) mass is 525 g/mol. The summed E-state index contributed by atoms with van der Waals surface area (Å²) in [4.78, 5) is 15.3. The summed E-state index contributed by atoms with van der Waals surface area (Å²) in [6.07, 6.45) is 5.08. The molecule has 0 bridgehead atoms. The number of benzene rings is 2. The maximum absolute atomic E-state index is 15.5. The number of aromatic nitrogens is 7. The van der Waals surface area contributed by atoms with E-state index >= 15 is 4.39 Å². The van der Waals surface area contributed by atoms with E-state index in [1.54, 1.807) is 10.7 Å². The van der Waals surface area contributed by atoms with Crippen molar-refractivity contribution in [1.82, 2.24) is 39.8 Å². The van der Waals surface area contributed by atoms with Gasteiger partial charge in [0.15, 0.2) is 5.82 Å². The van der Waals surface area contributed by atoms with Gasteiger partial charge in [-0.15, -0.1) is 5.10 Å². The molecule has 0 spiro atoms. The van der Waals surface area contributed by atoms with Gasteiger partial charge in [-0.05, 0) is 69.0 Å². The molecule has 1 fully saturated rings. The molecule has 1 aliphatic heterocycles. The molecule has 3 aromatic heterocycles. The van der Waals surface area contributed by atoms with Crippen molar-refractivity contribution < 1.29 is 4.39 Å². The number of fused-ring (bicyclic) bond motifs is 2. The van der Waals surface area contributed by atoms with E-state index in [9.17, 15) is 0 Å². The van der Waals surface area contributed by atoms with E-state index in [4.69, 9.17) is 9.97 Å². The highest BCUT2D eigenvalue weighted by atomic mass is 19.1. The zero-order valence-electron chi connectivity index (χ0n) is 22.6. The van der Waals surface area contributed by atoms with E-state index in [0.717, 1.165) is 47.5 Å². The van der Waals surface area contributed by atoms with Crippen molar-refractivity contribution in [1.29, 1.82) is 0 Å². The summed E-state index contributed by atoms with van der Waals surface area (Å²) in [5, 5.41) is 16.5. The molecular formula is C29H32FN9. The second-order valence-corrected chi connectivity index (χ2v) is 11.1. The normalized spacial score (nSPS) is 17.1. The Hall–Kier alpha value is -4.05. The van der Waals surface area contributed by atoms with Crippen LogP contribution in [0.5, 0.6) is 0 Å². The number of likely N-dealkylation sites (N-methyl/N-ethyl adjacent to an activating group) is 1. The highest BCUT2D eigenvalue weighted by Crippen LogP contribution is 2.47. The van der Waals surface area contributed by atoms with Gasteiger partial charge >= 0.3 is 0 Å². The van der Waals surface area contributed by atoms with Crippen molar-refractivity contribution in [2.45, 2.75) is 51.5 Å². The molecule has 4 heterocycles. The Bertz CT molecular complexity index is 1710. The van der Waals surface area contributed by atoms with Crippen LogP contribution in [-0.4, -0.2) is 52.9 Å². The van der Waals surface area contributed by atoms with Crippen molar-refractivity contribution in [3.63, 3.8) is 0 Å². The largest absolute Gasteiger partial charge is 0.340 e. The lowest BCUT2D eigenvalue weighted by Crippen LogP contribution is -2.46. The zero-order chi connectivity index (χ0) is 26.9. The van der Waals surface area contributed by atoms with Crippen LogP contribution in [0.1, 0.15) is 56.5 Å². The standard InChI is InChI=1S/C29H32FN9/c1-5-39-13-12-23-25(29(39,2)3)34-27(32-23)18-9-8-17(14-20(18)30)26-35-28(38(4)37-26)33-22-11-10-21-19(15-31-36-21)24(22)16-6-7-16/h8-11,14-16H,5-7,12-13H2,1-4H3,(H,31,36)(H,32,34)(H,33,35,37). The Morgan fingerprint density at radius 1 is 1.15 bits per heavy atom. The Morgan fingerprint density at radius 2 is 2.00 bits per heavy atom. The zero-order valence-corrected chi connectivity index (χ0v) is 22.6. The van der Waals surface area contributed by atoms with E-state index in [2.05, 4.69) is 57.3 Å². The summed E-state index contributed by atoms with van der Waals surface area (Å²) in [7, 11) is 1.84. The van der Waals surface area contributed by atoms with Crippen LogP contribution in [0.3, 0.4) is 0 Å². The Labute approximate surface area is 225 Å². The maximum atomic E-state index is 15.5. The third kappa shape index (κ3) is 3.93. The maximum Gasteiger partial charge on any atom is 0.225 e. The minimum atomic E-state index is -0.354. The molecule has 2 aliphatic rings. The predicted octanol–water partition coefficient (Wildman–Crippen LogP) is 5.62. The van der Waals surface area contributed by atoms with Gasteiger partial charge in [0.1, 0.15) is 11.6 Å². The molecular weight excluding hydrogens is 493 g/mol. The van der Waals surface area contributed by atoms with Crippen LogP contribution >= 0.6 is 0 Å². The molecule has 3 N–H and O–H groups in total. The molecule has 10 heteroatoms. The highest BCUT2D eigenvalue weighted by molar-refractivity contribution is 5.89. The lowest BCUT2D eigenvalue weighted by molar-refractivity contribution is 0.110. The van der Waals surface area contributed by atoms with Gasteiger partial charge < -0.3 is 10.3 Å². The first kappa shape index (κ1) is 24.0. The van der Waals surface area contributed by atoms with Gasteiger partial charge in [0.05, 0.1) is 34.2 Å². The van der Waals surface area contributed by atoms with Crippen LogP contribution in [0.2, 0.25) is 0 Å². The SMILES string of the molecule is CCN1CCc2nc(-c3ccc(-c4nc(Nc5ccc6[nH]ncc6c5C5CC5)n(C)n4)cc3F)[nH]c2C1(C)C. The van der Waals surface area contributed by atoms with E-state index in [1.807, 2.05) is 25.4 Å². The predicted molar refractivity (Wildman–Crippen MR) is 149 cm³/mol. The van der Waals surface area contributed by atoms with Gasteiger partial charge in [-0.2, -0.15) is 10.1 Å². The topological polar surface area (TPSA) is 103 Å². The van der Waals surface area contributed by atoms with Crippen molar-refractivity contribution >= 4 is 22.5 Å². The summed E-state index contributed by atoms with van der Waals surface area (Å²) in [6, 6.07) is 9.19. The molecule has 9 nitrogen and oxygen atoms in total. The summed E-state index contributed by atoms with van der Waals surface area (Å²) in [5.41, 5.74) is 6.26. The van der Waals surface area contributed by atoms with Crippen molar-refractivity contribution in [3.8, 4) is 22.8 Å². The van der Waals surface area contributed by atoms with Crippen molar-refractivity contribution in [2.24, 2.45) is 7.05 Å². The number of H-pyrrole nitrogens is 2. The van der Waals surface area contributed by atoms with Crippen LogP contribution in [0, 0.1) is 5.82 Å². The first-order valence-electron chi connectivity index (χ1n) is 13.6. The molecule has 200 valence electrons. The van der Waals surface area contributed by atoms with Crippen molar-refractivity contribution in [3.05, 3.63) is 59.3 Å². The van der Waals surface area contributed by atoms with Crippen LogP contribution in [0.25, 0.3) is 33.7 Å². The van der Waals surface area contributed by atoms with Crippen LogP contribution in [0.4, 0.5) is 16.0 Å². The molecule has 5 aromatic rings. The van der Waals surface area contributed by atoms with E-state index < -0.39 is 0 Å². The third-order valence-corrected chi connectivity index (χ3v) is 8.32. The minimum absolute atomic E-state index is 0.174. The van der Waals surface area contributed by atoms with Crippen LogP contribution in [0.15, 0.2) is 36.5 Å². The van der Waals surface area contributed by atoms with Crippen molar-refractivity contribution in [2.75, 3.05) is 18.4 Å². The molecule has 0 radical (unpaired) electrons. The Kier molecular flexibility index (Phi) is 5.38. The summed E-state index contributed by atoms with van der Waals surface area (Å²) in [6.45, 7) is 8.45. The lowest BCUT2D eigenvalue weighted by atomic mass is 9.91. The second-order valence-electron chi connectivity index (χ2n) is 11.1. The lowest BCUT2D eigenvalue weighted by Gasteiger charge is -2.41. The fraction of sp³-hybridized carbons (Fsp3) is 0.379. The van der Waals surface area contributed by atoms with Gasteiger partial charge in [0, 0.05) is 36.7 Å². The number of hydrogen-bond donors (Lipinski definition) is 3. The van der Waals surface area contributed by atoms with Crippen LogP contribution in [-0.2, 0) is 19.0 Å². The number of imidazole rings is 1. The third-order valence-electron chi connectivity index (χ3n) is 8.32. The highest BCUT2D eigenvalue weighted by Gasteiger charge is 2.36. The number of aryl methyl sites for hydroxylation is 1. The molecule has 0 amide bonds. The molecule has 1 saturated carbocycles. The van der Waals surface area contributed by atoms with Gasteiger partial charge in [0.25, 0.3) is 0 Å². The fourth-order valence-corrected chi connectivity index (χ4v) is 6.00. The van der Waals surface area contributed by atoms with E-state index in [-0.39, 0.29) is 11.4 Å². The number of aromatic amines is 2. The number of nitrogens with zero attached hydrogens (tertiary/aromatic N) is 6. The first-order valence-corrected chi connectivity index (χ1v) is 13.6. The number of nitrogens with one attached hydrogen (secondary N) is 3. The molecule has 0 atom stereocenters. The molecule has 7 rings (SSSR count). The van der Waals surface area contributed by atoms with Crippen LogP contribution < -0.4 is 5.32 Å². The number of anilines is 2. The Balaban J connectivity index is 1.18. The fourth-order valence-electron chi connectivity index (χ4n) is 6.00.